The molecule has 2 bridgehead atoms. The normalized spacial score (nSPS) is 26.7. The van der Waals surface area contributed by atoms with Gasteiger partial charge in [0.25, 0.3) is 11.8 Å². The number of para-hydroxylation sites is 1. The van der Waals surface area contributed by atoms with Gasteiger partial charge < -0.3 is 4.57 Å². The highest BCUT2D eigenvalue weighted by molar-refractivity contribution is 14.1. The lowest BCUT2D eigenvalue weighted by Gasteiger charge is -2.13. The number of amides is 2. The van der Waals surface area contributed by atoms with Gasteiger partial charge in [0.05, 0.1) is 18.1 Å². The number of hydrazone groups is 1. The fraction of sp³-hybridized carbons (Fsp3) is 0.240. The molecular formula is C25H20IN3O2. The zero-order valence-electron chi connectivity index (χ0n) is 16.7. The van der Waals surface area contributed by atoms with E-state index in [2.05, 4.69) is 74.7 Å². The lowest BCUT2D eigenvalue weighted by atomic mass is 9.85. The Kier molecular flexibility index (Phi) is 4.38. The molecule has 6 rings (SSSR count). The maximum absolute atomic E-state index is 12.9. The van der Waals surface area contributed by atoms with Crippen molar-refractivity contribution < 1.29 is 9.59 Å². The molecule has 2 amide bonds. The molecule has 1 aromatic heterocycles. The molecule has 0 spiro atoms. The van der Waals surface area contributed by atoms with Crippen LogP contribution in [0.1, 0.15) is 17.5 Å². The van der Waals surface area contributed by atoms with E-state index in [4.69, 9.17) is 0 Å². The largest absolute Gasteiger partial charge is 0.342 e. The van der Waals surface area contributed by atoms with Gasteiger partial charge in [-0.1, -0.05) is 42.5 Å². The number of nitrogens with zero attached hydrogens (tertiary/aromatic N) is 3. The van der Waals surface area contributed by atoms with E-state index in [9.17, 15) is 9.59 Å². The van der Waals surface area contributed by atoms with Crippen molar-refractivity contribution in [3.8, 4) is 0 Å². The van der Waals surface area contributed by atoms with Crippen molar-refractivity contribution in [2.75, 3.05) is 0 Å². The van der Waals surface area contributed by atoms with E-state index >= 15 is 0 Å². The highest BCUT2D eigenvalue weighted by Crippen LogP contribution is 2.52. The van der Waals surface area contributed by atoms with Crippen molar-refractivity contribution in [1.82, 2.24) is 9.58 Å². The molecule has 0 N–H and O–H groups in total. The Hall–Kier alpha value is -2.74. The predicted octanol–water partition coefficient (Wildman–Crippen LogP) is 4.44. The summed E-state index contributed by atoms with van der Waals surface area (Å²) in [5.41, 5.74) is 3.21. The van der Waals surface area contributed by atoms with Gasteiger partial charge in [-0.3, -0.25) is 9.59 Å². The average molecular weight is 521 g/mol. The van der Waals surface area contributed by atoms with Crippen LogP contribution in [0.25, 0.3) is 10.9 Å². The SMILES string of the molecule is O=C1[C@H]2[C@H](C(=O)N1/N=C\c1cn(Cc3ccc(I)cc3)c3ccccc13)[C@H]1C=C[C@H]2C1. The van der Waals surface area contributed by atoms with Crippen LogP contribution in [0.3, 0.4) is 0 Å². The van der Waals surface area contributed by atoms with Crippen molar-refractivity contribution in [2.24, 2.45) is 28.8 Å². The van der Waals surface area contributed by atoms with Crippen LogP contribution in [0.4, 0.5) is 0 Å². The first kappa shape index (κ1) is 19.0. The summed E-state index contributed by atoms with van der Waals surface area (Å²) in [6, 6.07) is 16.6. The number of rotatable bonds is 4. The number of fused-ring (bicyclic) bond motifs is 6. The number of aromatic nitrogens is 1. The second kappa shape index (κ2) is 7.15. The van der Waals surface area contributed by atoms with E-state index < -0.39 is 0 Å². The number of imide groups is 1. The van der Waals surface area contributed by atoms with E-state index in [-0.39, 0.29) is 35.5 Å². The van der Waals surface area contributed by atoms with Gasteiger partial charge in [0.15, 0.2) is 0 Å². The average Bonchev–Trinajstić information content (AvgIpc) is 3.53. The number of hydrogen-bond donors (Lipinski definition) is 0. The third-order valence-corrected chi connectivity index (χ3v) is 7.56. The van der Waals surface area contributed by atoms with Crippen molar-refractivity contribution in [3.05, 3.63) is 81.6 Å². The molecule has 3 aromatic rings. The zero-order chi connectivity index (χ0) is 21.1. The van der Waals surface area contributed by atoms with Crippen LogP contribution in [-0.2, 0) is 16.1 Å². The van der Waals surface area contributed by atoms with Gasteiger partial charge in [0.2, 0.25) is 0 Å². The maximum atomic E-state index is 12.9. The molecule has 1 aliphatic heterocycles. The van der Waals surface area contributed by atoms with Crippen LogP contribution in [-0.4, -0.2) is 27.6 Å². The van der Waals surface area contributed by atoms with Crippen molar-refractivity contribution >= 4 is 51.5 Å². The van der Waals surface area contributed by atoms with E-state index in [0.717, 1.165) is 34.4 Å². The molecule has 1 saturated heterocycles. The van der Waals surface area contributed by atoms with Crippen molar-refractivity contribution in [2.45, 2.75) is 13.0 Å². The van der Waals surface area contributed by atoms with Gasteiger partial charge in [0, 0.05) is 32.8 Å². The van der Waals surface area contributed by atoms with E-state index in [1.54, 1.807) is 6.21 Å². The Morgan fingerprint density at radius 2 is 1.65 bits per heavy atom. The highest BCUT2D eigenvalue weighted by Gasteiger charge is 2.59. The highest BCUT2D eigenvalue weighted by atomic mass is 127. The van der Waals surface area contributed by atoms with Crippen molar-refractivity contribution in [3.63, 3.8) is 0 Å². The zero-order valence-corrected chi connectivity index (χ0v) is 18.8. The predicted molar refractivity (Wildman–Crippen MR) is 127 cm³/mol. The van der Waals surface area contributed by atoms with Crippen molar-refractivity contribution in [1.29, 1.82) is 0 Å². The van der Waals surface area contributed by atoms with Gasteiger partial charge in [-0.2, -0.15) is 10.1 Å². The van der Waals surface area contributed by atoms with Gasteiger partial charge in [-0.15, -0.1) is 0 Å². The molecule has 154 valence electrons. The number of hydrogen-bond acceptors (Lipinski definition) is 3. The number of allylic oxidation sites excluding steroid dienone is 2. The topological polar surface area (TPSA) is 54.7 Å². The Balaban J connectivity index is 1.31. The molecule has 1 saturated carbocycles. The minimum absolute atomic E-state index is 0.147. The molecule has 6 heteroatoms. The smallest absolute Gasteiger partial charge is 0.254 e. The van der Waals surface area contributed by atoms with Crippen LogP contribution >= 0.6 is 22.6 Å². The van der Waals surface area contributed by atoms with Crippen LogP contribution < -0.4 is 0 Å². The van der Waals surface area contributed by atoms with E-state index in [0.29, 0.717) is 0 Å². The first-order valence-corrected chi connectivity index (χ1v) is 11.6. The number of halogens is 1. The molecule has 2 aliphatic carbocycles. The summed E-state index contributed by atoms with van der Waals surface area (Å²) >= 11 is 2.31. The molecule has 5 nitrogen and oxygen atoms in total. The minimum Gasteiger partial charge on any atom is -0.342 e. The fourth-order valence-corrected chi connectivity index (χ4v) is 5.78. The monoisotopic (exact) mass is 521 g/mol. The molecular weight excluding hydrogens is 501 g/mol. The second-order valence-corrected chi connectivity index (χ2v) is 9.83. The molecule has 0 radical (unpaired) electrons. The Labute approximate surface area is 193 Å². The van der Waals surface area contributed by atoms with Crippen LogP contribution in [0.2, 0.25) is 0 Å². The number of carbonyl (C=O) groups is 2. The molecule has 2 fully saturated rings. The third kappa shape index (κ3) is 2.99. The summed E-state index contributed by atoms with van der Waals surface area (Å²) in [4.78, 5) is 25.8. The Morgan fingerprint density at radius 3 is 2.35 bits per heavy atom. The molecule has 31 heavy (non-hydrogen) atoms. The lowest BCUT2D eigenvalue weighted by molar-refractivity contribution is -0.140. The summed E-state index contributed by atoms with van der Waals surface area (Å²) in [7, 11) is 0. The molecule has 3 aliphatic rings. The number of carbonyl (C=O) groups excluding carboxylic acids is 2. The fourth-order valence-electron chi connectivity index (χ4n) is 5.42. The summed E-state index contributed by atoms with van der Waals surface area (Å²) < 4.78 is 3.39. The minimum atomic E-state index is -0.220. The van der Waals surface area contributed by atoms with Gasteiger partial charge in [-0.25, -0.2) is 0 Å². The summed E-state index contributed by atoms with van der Waals surface area (Å²) in [6.07, 6.45) is 8.84. The van der Waals surface area contributed by atoms with E-state index in [1.165, 1.54) is 9.13 Å². The summed E-state index contributed by atoms with van der Waals surface area (Å²) in [5, 5.41) is 6.56. The van der Waals surface area contributed by atoms with E-state index in [1.807, 2.05) is 24.4 Å². The van der Waals surface area contributed by atoms with Crippen LogP contribution in [0.5, 0.6) is 0 Å². The Morgan fingerprint density at radius 1 is 0.968 bits per heavy atom. The molecule has 0 unspecified atom stereocenters. The standard InChI is InChI=1S/C25H20IN3O2/c26-19-9-5-15(6-10-19)13-28-14-18(20-3-1-2-4-21(20)28)12-27-29-24(30)22-16-7-8-17(11-16)23(22)25(29)31/h1-10,12,14,16-17,22-23H,11,13H2/b27-12-/t16-,17-,22+,23+/m0/s1. The molecule has 4 atom stereocenters. The molecule has 2 heterocycles. The summed E-state index contributed by atoms with van der Waals surface area (Å²) in [5.74, 6) is -0.342. The molecule has 2 aromatic carbocycles. The third-order valence-electron chi connectivity index (χ3n) is 6.84. The van der Waals surface area contributed by atoms with Gasteiger partial charge in [0.1, 0.15) is 0 Å². The Bertz CT molecular complexity index is 1240. The van der Waals surface area contributed by atoms with Crippen LogP contribution in [0, 0.1) is 27.2 Å². The quantitative estimate of drug-likeness (QED) is 0.221. The first-order chi connectivity index (χ1) is 15.1. The van der Waals surface area contributed by atoms with Crippen LogP contribution in [0.15, 0.2) is 72.0 Å². The number of benzene rings is 2. The lowest BCUT2D eigenvalue weighted by Crippen LogP contribution is -2.28. The second-order valence-electron chi connectivity index (χ2n) is 8.59. The first-order valence-electron chi connectivity index (χ1n) is 10.5. The van der Waals surface area contributed by atoms with Gasteiger partial charge in [-0.05, 0) is 64.6 Å². The van der Waals surface area contributed by atoms with Gasteiger partial charge >= 0.3 is 0 Å². The summed E-state index contributed by atoms with van der Waals surface area (Å²) in [6.45, 7) is 0.742. The maximum Gasteiger partial charge on any atom is 0.254 e.